The molecular weight excluding hydrogens is 272 g/mol. The summed E-state index contributed by atoms with van der Waals surface area (Å²) in [5.41, 5.74) is 5.79. The van der Waals surface area contributed by atoms with E-state index >= 15 is 0 Å². The Labute approximate surface area is 128 Å². The van der Waals surface area contributed by atoms with Crippen molar-refractivity contribution in [2.45, 2.75) is 32.2 Å². The number of piperazine rings is 1. The maximum atomic E-state index is 11.5. The van der Waals surface area contributed by atoms with Crippen molar-refractivity contribution in [2.75, 3.05) is 46.8 Å². The van der Waals surface area contributed by atoms with Crippen LogP contribution in [0.15, 0.2) is 0 Å². The molecule has 0 radical (unpaired) electrons. The van der Waals surface area contributed by atoms with Gasteiger partial charge in [0.1, 0.15) is 0 Å². The van der Waals surface area contributed by atoms with Crippen molar-refractivity contribution in [1.29, 1.82) is 0 Å². The lowest BCUT2D eigenvalue weighted by Gasteiger charge is -2.38. The lowest BCUT2D eigenvalue weighted by Crippen LogP contribution is -2.53. The molecule has 0 aromatic carbocycles. The van der Waals surface area contributed by atoms with E-state index in [-0.39, 0.29) is 11.9 Å². The van der Waals surface area contributed by atoms with Gasteiger partial charge in [-0.3, -0.25) is 9.69 Å². The predicted octanol–water partition coefficient (Wildman–Crippen LogP) is 0.537. The molecule has 1 aliphatic heterocycles. The number of amides is 1. The second-order valence-corrected chi connectivity index (χ2v) is 6.07. The summed E-state index contributed by atoms with van der Waals surface area (Å²) in [5, 5.41) is 0. The van der Waals surface area contributed by atoms with Gasteiger partial charge >= 0.3 is 0 Å². The molecule has 0 saturated carbocycles. The Hall–Kier alpha value is -0.720. The Bertz CT molecular complexity index is 327. The molecule has 5 nitrogen and oxygen atoms in total. The number of carbonyl (C=O) groups is 1. The first-order chi connectivity index (χ1) is 9.45. The van der Waals surface area contributed by atoms with Crippen molar-refractivity contribution in [1.82, 2.24) is 14.7 Å². The average molecular weight is 300 g/mol. The fraction of sp³-hybridized carbons (Fsp3) is 0.857. The van der Waals surface area contributed by atoms with E-state index in [4.69, 9.17) is 18.0 Å². The smallest absolute Gasteiger partial charge is 0.222 e. The molecule has 1 amide bonds. The van der Waals surface area contributed by atoms with Crippen molar-refractivity contribution < 1.29 is 4.79 Å². The Morgan fingerprint density at radius 1 is 1.30 bits per heavy atom. The van der Waals surface area contributed by atoms with Gasteiger partial charge in [0.2, 0.25) is 5.91 Å². The number of nitrogens with two attached hydrogens (primary N) is 1. The molecular formula is C14H28N4OS. The third-order valence-electron chi connectivity index (χ3n) is 3.93. The molecule has 0 aromatic rings. The minimum Gasteiger partial charge on any atom is -0.392 e. The highest BCUT2D eigenvalue weighted by atomic mass is 32.1. The van der Waals surface area contributed by atoms with Gasteiger partial charge in [-0.25, -0.2) is 0 Å². The SMILES string of the molecule is CCC(C(N)=S)N1CCN(CCCC(=O)N(C)C)CC1. The van der Waals surface area contributed by atoms with Crippen LogP contribution in [0.3, 0.4) is 0 Å². The third-order valence-corrected chi connectivity index (χ3v) is 4.20. The second-order valence-electron chi connectivity index (χ2n) is 5.60. The summed E-state index contributed by atoms with van der Waals surface area (Å²) >= 11 is 5.13. The van der Waals surface area contributed by atoms with Crippen LogP contribution in [-0.4, -0.2) is 78.5 Å². The van der Waals surface area contributed by atoms with Gasteiger partial charge in [0.05, 0.1) is 11.0 Å². The molecule has 0 aromatic heterocycles. The van der Waals surface area contributed by atoms with Crippen molar-refractivity contribution in [3.8, 4) is 0 Å². The molecule has 2 N–H and O–H groups in total. The molecule has 0 aliphatic carbocycles. The molecule has 1 fully saturated rings. The first kappa shape index (κ1) is 17.3. The summed E-state index contributed by atoms with van der Waals surface area (Å²) in [6, 6.07) is 0.238. The minimum atomic E-state index is 0.211. The Morgan fingerprint density at radius 2 is 1.90 bits per heavy atom. The van der Waals surface area contributed by atoms with Crippen molar-refractivity contribution >= 4 is 23.1 Å². The highest BCUT2D eigenvalue weighted by Gasteiger charge is 2.24. The van der Waals surface area contributed by atoms with Crippen molar-refractivity contribution in [3.05, 3.63) is 0 Å². The number of nitrogens with zero attached hydrogens (tertiary/aromatic N) is 3. The topological polar surface area (TPSA) is 52.8 Å². The zero-order valence-corrected chi connectivity index (χ0v) is 13.8. The summed E-state index contributed by atoms with van der Waals surface area (Å²) in [6.07, 6.45) is 2.55. The van der Waals surface area contributed by atoms with Crippen LogP contribution in [0.25, 0.3) is 0 Å². The van der Waals surface area contributed by atoms with Gasteiger partial charge in [-0.2, -0.15) is 0 Å². The van der Waals surface area contributed by atoms with Crippen LogP contribution < -0.4 is 5.73 Å². The molecule has 0 bridgehead atoms. The van der Waals surface area contributed by atoms with Gasteiger partial charge in [0, 0.05) is 46.7 Å². The summed E-state index contributed by atoms with van der Waals surface area (Å²) in [6.45, 7) is 7.22. The van der Waals surface area contributed by atoms with Crippen molar-refractivity contribution in [2.24, 2.45) is 5.73 Å². The Kier molecular flexibility index (Phi) is 7.40. The molecule has 1 saturated heterocycles. The van der Waals surface area contributed by atoms with Gasteiger partial charge in [-0.15, -0.1) is 0 Å². The number of hydrogen-bond donors (Lipinski definition) is 1. The highest BCUT2D eigenvalue weighted by Crippen LogP contribution is 2.10. The fourth-order valence-corrected chi connectivity index (χ4v) is 2.93. The van der Waals surface area contributed by atoms with E-state index in [0.29, 0.717) is 11.4 Å². The van der Waals surface area contributed by atoms with E-state index in [9.17, 15) is 4.79 Å². The largest absolute Gasteiger partial charge is 0.392 e. The molecule has 1 rings (SSSR count). The number of carbonyl (C=O) groups excluding carboxylic acids is 1. The summed E-state index contributed by atoms with van der Waals surface area (Å²) in [4.78, 5) is 18.6. The predicted molar refractivity (Wildman–Crippen MR) is 86.8 cm³/mol. The molecule has 6 heteroatoms. The van der Waals surface area contributed by atoms with Crippen LogP contribution in [0.2, 0.25) is 0 Å². The zero-order valence-electron chi connectivity index (χ0n) is 13.0. The first-order valence-corrected chi connectivity index (χ1v) is 7.82. The minimum absolute atomic E-state index is 0.211. The molecule has 1 unspecified atom stereocenters. The van der Waals surface area contributed by atoms with Crippen LogP contribution in [0.1, 0.15) is 26.2 Å². The van der Waals surface area contributed by atoms with E-state index < -0.39 is 0 Å². The fourth-order valence-electron chi connectivity index (χ4n) is 2.62. The van der Waals surface area contributed by atoms with Gasteiger partial charge < -0.3 is 15.5 Å². The van der Waals surface area contributed by atoms with E-state index in [1.165, 1.54) is 0 Å². The quantitative estimate of drug-likeness (QED) is 0.696. The van der Waals surface area contributed by atoms with Gasteiger partial charge in [-0.1, -0.05) is 19.1 Å². The average Bonchev–Trinajstić information content (AvgIpc) is 2.40. The summed E-state index contributed by atoms with van der Waals surface area (Å²) in [5.74, 6) is 0.211. The number of hydrogen-bond acceptors (Lipinski definition) is 4. The Morgan fingerprint density at radius 3 is 2.35 bits per heavy atom. The van der Waals surface area contributed by atoms with Crippen LogP contribution in [0, 0.1) is 0 Å². The summed E-state index contributed by atoms with van der Waals surface area (Å²) < 4.78 is 0. The van der Waals surface area contributed by atoms with Crippen LogP contribution in [0.5, 0.6) is 0 Å². The Balaban J connectivity index is 2.25. The van der Waals surface area contributed by atoms with E-state index in [1.54, 1.807) is 4.90 Å². The standard InChI is InChI=1S/C14H28N4OS/c1-4-12(14(15)20)18-10-8-17(9-11-18)7-5-6-13(19)16(2)3/h12H,4-11H2,1-3H3,(H2,15,20). The van der Waals surface area contributed by atoms with Crippen LogP contribution in [0.4, 0.5) is 0 Å². The normalized spacial score (nSPS) is 18.8. The monoisotopic (exact) mass is 300 g/mol. The maximum absolute atomic E-state index is 11.5. The van der Waals surface area contributed by atoms with E-state index in [0.717, 1.165) is 45.6 Å². The van der Waals surface area contributed by atoms with Crippen molar-refractivity contribution in [3.63, 3.8) is 0 Å². The molecule has 0 spiro atoms. The lowest BCUT2D eigenvalue weighted by molar-refractivity contribution is -0.128. The second kappa shape index (κ2) is 8.54. The van der Waals surface area contributed by atoms with Gasteiger partial charge in [-0.05, 0) is 19.4 Å². The zero-order chi connectivity index (χ0) is 15.1. The lowest BCUT2D eigenvalue weighted by atomic mass is 10.1. The molecule has 1 aliphatic rings. The molecule has 116 valence electrons. The van der Waals surface area contributed by atoms with Gasteiger partial charge in [0.25, 0.3) is 0 Å². The van der Waals surface area contributed by atoms with E-state index in [2.05, 4.69) is 16.7 Å². The molecule has 1 atom stereocenters. The maximum Gasteiger partial charge on any atom is 0.222 e. The number of thiocarbonyl (C=S) groups is 1. The first-order valence-electron chi connectivity index (χ1n) is 7.41. The van der Waals surface area contributed by atoms with Crippen LogP contribution >= 0.6 is 12.2 Å². The highest BCUT2D eigenvalue weighted by molar-refractivity contribution is 7.80. The summed E-state index contributed by atoms with van der Waals surface area (Å²) in [7, 11) is 3.61. The van der Waals surface area contributed by atoms with E-state index in [1.807, 2.05) is 14.1 Å². The molecule has 20 heavy (non-hydrogen) atoms. The third kappa shape index (κ3) is 5.34. The van der Waals surface area contributed by atoms with Crippen LogP contribution in [-0.2, 0) is 4.79 Å². The number of rotatable bonds is 7. The molecule has 1 heterocycles. The van der Waals surface area contributed by atoms with Gasteiger partial charge in [0.15, 0.2) is 0 Å².